The number of fused-ring (bicyclic) bond motifs is 2. The number of anilines is 1. The molecule has 0 fully saturated rings. The molecule has 2 aromatic heterocycles. The van der Waals surface area contributed by atoms with E-state index in [0.717, 1.165) is 22.3 Å². The highest BCUT2D eigenvalue weighted by Crippen LogP contribution is 2.40. The smallest absolute Gasteiger partial charge is 0.415 e. The molecule has 1 aromatic carbocycles. The van der Waals surface area contributed by atoms with E-state index in [1.54, 1.807) is 6.20 Å². The van der Waals surface area contributed by atoms with Gasteiger partial charge in [0, 0.05) is 11.8 Å². The van der Waals surface area contributed by atoms with E-state index >= 15 is 0 Å². The van der Waals surface area contributed by atoms with Gasteiger partial charge in [-0.1, -0.05) is 6.07 Å². The molecule has 2 N–H and O–H groups in total. The highest BCUT2D eigenvalue weighted by Gasteiger charge is 2.38. The van der Waals surface area contributed by atoms with E-state index in [1.807, 2.05) is 44.2 Å². The van der Waals surface area contributed by atoms with Crippen molar-refractivity contribution in [2.45, 2.75) is 19.4 Å². The molecule has 0 radical (unpaired) electrons. The third-order valence-corrected chi connectivity index (χ3v) is 4.33. The van der Waals surface area contributed by atoms with Crippen LogP contribution in [0.2, 0.25) is 0 Å². The predicted octanol–water partition coefficient (Wildman–Crippen LogP) is 2.81. The molecule has 4 rings (SSSR count). The van der Waals surface area contributed by atoms with Crippen molar-refractivity contribution >= 4 is 22.8 Å². The number of benzene rings is 1. The van der Waals surface area contributed by atoms with Gasteiger partial charge in [0.1, 0.15) is 11.3 Å². The van der Waals surface area contributed by atoms with Crippen LogP contribution in [0.4, 0.5) is 10.5 Å². The monoisotopic (exact) mass is 338 g/mol. The van der Waals surface area contributed by atoms with Gasteiger partial charge in [0.25, 0.3) is 0 Å². The summed E-state index contributed by atoms with van der Waals surface area (Å²) in [5.41, 5.74) is 3.13. The molecule has 0 aliphatic carbocycles. The molecule has 7 nitrogen and oxygen atoms in total. The summed E-state index contributed by atoms with van der Waals surface area (Å²) in [6.45, 7) is 3.72. The highest BCUT2D eigenvalue weighted by atomic mass is 16.6. The van der Waals surface area contributed by atoms with Crippen LogP contribution in [0.5, 0.6) is 0 Å². The van der Waals surface area contributed by atoms with Crippen molar-refractivity contribution in [3.05, 3.63) is 42.1 Å². The van der Waals surface area contributed by atoms with Crippen LogP contribution >= 0.6 is 0 Å². The lowest BCUT2D eigenvalue weighted by atomic mass is 9.93. The molecule has 128 valence electrons. The SMILES string of the molecule is CC1(C)OC(=O)N(CCO)c2cc3nc(-c4ccccn4)[nH]c3cc21. The molecular formula is C18H18N4O3. The number of β-amino-alcohol motifs (C(OH)–C–C–N with tert-alkyl or cyclic N) is 1. The van der Waals surface area contributed by atoms with E-state index in [0.29, 0.717) is 11.5 Å². The van der Waals surface area contributed by atoms with E-state index in [2.05, 4.69) is 15.0 Å². The first-order chi connectivity index (χ1) is 12.0. The van der Waals surface area contributed by atoms with Crippen molar-refractivity contribution in [2.75, 3.05) is 18.1 Å². The summed E-state index contributed by atoms with van der Waals surface area (Å²) in [5, 5.41) is 9.28. The molecule has 3 heterocycles. The van der Waals surface area contributed by atoms with Gasteiger partial charge < -0.3 is 14.8 Å². The molecule has 0 spiro atoms. The van der Waals surface area contributed by atoms with Crippen molar-refractivity contribution in [3.8, 4) is 11.5 Å². The number of imidazole rings is 1. The number of pyridine rings is 1. The molecule has 1 amide bonds. The van der Waals surface area contributed by atoms with Gasteiger partial charge in [-0.25, -0.2) is 9.78 Å². The average Bonchev–Trinajstić information content (AvgIpc) is 3.01. The topological polar surface area (TPSA) is 91.3 Å². The van der Waals surface area contributed by atoms with Crippen molar-refractivity contribution in [1.82, 2.24) is 15.0 Å². The quantitative estimate of drug-likeness (QED) is 0.766. The number of ether oxygens (including phenoxy) is 1. The molecule has 25 heavy (non-hydrogen) atoms. The Morgan fingerprint density at radius 3 is 2.88 bits per heavy atom. The van der Waals surface area contributed by atoms with Gasteiger partial charge in [-0.3, -0.25) is 9.88 Å². The van der Waals surface area contributed by atoms with E-state index in [-0.39, 0.29) is 13.2 Å². The number of rotatable bonds is 3. The molecule has 1 aliphatic heterocycles. The fraction of sp³-hybridized carbons (Fsp3) is 0.278. The summed E-state index contributed by atoms with van der Waals surface area (Å²) < 4.78 is 5.53. The second-order valence-electron chi connectivity index (χ2n) is 6.44. The van der Waals surface area contributed by atoms with Gasteiger partial charge in [0.2, 0.25) is 0 Å². The maximum atomic E-state index is 12.3. The first-order valence-electron chi connectivity index (χ1n) is 8.06. The number of nitrogens with zero attached hydrogens (tertiary/aromatic N) is 3. The number of carbonyl (C=O) groups excluding carboxylic acids is 1. The number of aliphatic hydroxyl groups excluding tert-OH is 1. The first-order valence-corrected chi connectivity index (χ1v) is 8.06. The molecule has 1 aliphatic rings. The zero-order valence-electron chi connectivity index (χ0n) is 14.0. The lowest BCUT2D eigenvalue weighted by Crippen LogP contribution is -2.44. The Hall–Kier alpha value is -2.93. The summed E-state index contributed by atoms with van der Waals surface area (Å²) in [6.07, 6.45) is 1.25. The molecule has 0 unspecified atom stereocenters. The minimum absolute atomic E-state index is 0.146. The third-order valence-electron chi connectivity index (χ3n) is 4.33. The zero-order valence-corrected chi connectivity index (χ0v) is 14.0. The van der Waals surface area contributed by atoms with E-state index in [4.69, 9.17) is 4.74 Å². The molecular weight excluding hydrogens is 320 g/mol. The van der Waals surface area contributed by atoms with Crippen molar-refractivity contribution in [2.24, 2.45) is 0 Å². The molecule has 0 saturated heterocycles. The van der Waals surface area contributed by atoms with E-state index in [1.165, 1.54) is 4.90 Å². The third kappa shape index (κ3) is 2.53. The second kappa shape index (κ2) is 5.56. The minimum atomic E-state index is -0.761. The van der Waals surface area contributed by atoms with Crippen molar-refractivity contribution in [3.63, 3.8) is 0 Å². The number of carbonyl (C=O) groups is 1. The Morgan fingerprint density at radius 2 is 2.16 bits per heavy atom. The second-order valence-corrected chi connectivity index (χ2v) is 6.44. The average molecular weight is 338 g/mol. The number of aromatic nitrogens is 3. The van der Waals surface area contributed by atoms with Crippen LogP contribution in [0.3, 0.4) is 0 Å². The van der Waals surface area contributed by atoms with Crippen LogP contribution in [-0.4, -0.2) is 39.3 Å². The molecule has 7 heteroatoms. The lowest BCUT2D eigenvalue weighted by Gasteiger charge is -2.38. The fourth-order valence-corrected chi connectivity index (χ4v) is 3.11. The number of cyclic esters (lactones) is 1. The van der Waals surface area contributed by atoms with Gasteiger partial charge in [-0.15, -0.1) is 0 Å². The number of hydrogen-bond donors (Lipinski definition) is 2. The molecule has 3 aromatic rings. The lowest BCUT2D eigenvalue weighted by molar-refractivity contribution is 0.0344. The minimum Gasteiger partial charge on any atom is -0.438 e. The number of aromatic amines is 1. The Labute approximate surface area is 144 Å². The van der Waals surface area contributed by atoms with Gasteiger partial charge >= 0.3 is 6.09 Å². The highest BCUT2D eigenvalue weighted by molar-refractivity contribution is 5.95. The standard InChI is InChI=1S/C18H18N4O3/c1-18(2)11-9-13-14(10-15(11)22(7-8-23)17(24)25-18)21-16(20-13)12-5-3-4-6-19-12/h3-6,9-10,23H,7-8H2,1-2H3,(H,20,21). The zero-order chi connectivity index (χ0) is 17.6. The largest absolute Gasteiger partial charge is 0.438 e. The number of nitrogens with one attached hydrogen (secondary N) is 1. The van der Waals surface area contributed by atoms with Crippen LogP contribution in [0.1, 0.15) is 19.4 Å². The van der Waals surface area contributed by atoms with Gasteiger partial charge in [0.15, 0.2) is 5.82 Å². The first kappa shape index (κ1) is 15.6. The molecule has 0 atom stereocenters. The van der Waals surface area contributed by atoms with Crippen molar-refractivity contribution < 1.29 is 14.6 Å². The summed E-state index contributed by atoms with van der Waals surface area (Å²) in [7, 11) is 0. The van der Waals surface area contributed by atoms with Gasteiger partial charge in [-0.05, 0) is 38.1 Å². The van der Waals surface area contributed by atoms with Gasteiger partial charge in [0.05, 0.1) is 29.9 Å². The Bertz CT molecular complexity index is 950. The normalized spacial score (nSPS) is 16.0. The predicted molar refractivity (Wildman–Crippen MR) is 93.3 cm³/mol. The van der Waals surface area contributed by atoms with Crippen LogP contribution < -0.4 is 4.90 Å². The van der Waals surface area contributed by atoms with E-state index < -0.39 is 11.7 Å². The summed E-state index contributed by atoms with van der Waals surface area (Å²) in [5.74, 6) is 0.664. The van der Waals surface area contributed by atoms with Gasteiger partial charge in [-0.2, -0.15) is 0 Å². The fourth-order valence-electron chi connectivity index (χ4n) is 3.11. The van der Waals surface area contributed by atoms with Crippen LogP contribution in [-0.2, 0) is 10.3 Å². The summed E-state index contributed by atoms with van der Waals surface area (Å²) in [6, 6.07) is 9.43. The van der Waals surface area contributed by atoms with Crippen LogP contribution in [0.15, 0.2) is 36.5 Å². The Kier molecular flexibility index (Phi) is 3.47. The maximum absolute atomic E-state index is 12.3. The summed E-state index contributed by atoms with van der Waals surface area (Å²) >= 11 is 0. The molecule has 0 saturated carbocycles. The van der Waals surface area contributed by atoms with Crippen LogP contribution in [0, 0.1) is 0 Å². The number of H-pyrrole nitrogens is 1. The van der Waals surface area contributed by atoms with E-state index in [9.17, 15) is 9.90 Å². The summed E-state index contributed by atoms with van der Waals surface area (Å²) in [4.78, 5) is 25.9. The van der Waals surface area contributed by atoms with Crippen LogP contribution in [0.25, 0.3) is 22.6 Å². The maximum Gasteiger partial charge on any atom is 0.415 e. The number of amides is 1. The van der Waals surface area contributed by atoms with Crippen molar-refractivity contribution in [1.29, 1.82) is 0 Å². The number of hydrogen-bond acceptors (Lipinski definition) is 5. The number of aliphatic hydroxyl groups is 1. The Morgan fingerprint density at radius 1 is 1.32 bits per heavy atom. The Balaban J connectivity index is 1.90. The molecule has 0 bridgehead atoms.